The normalized spacial score (nSPS) is 12.2. The van der Waals surface area contributed by atoms with E-state index in [4.69, 9.17) is 4.74 Å². The third kappa shape index (κ3) is 3.38. The van der Waals surface area contributed by atoms with Crippen LogP contribution in [0, 0.1) is 12.7 Å². The number of benzene rings is 2. The highest BCUT2D eigenvalue weighted by atomic mass is 79.9. The van der Waals surface area contributed by atoms with E-state index in [2.05, 4.69) is 15.9 Å². The number of rotatable bonds is 4. The number of aryl methyl sites for hydroxylation is 1. The van der Waals surface area contributed by atoms with E-state index in [9.17, 15) is 9.50 Å². The maximum Gasteiger partial charge on any atom is 0.129 e. The summed E-state index contributed by atoms with van der Waals surface area (Å²) in [4.78, 5) is 0. The Bertz CT molecular complexity index is 613. The minimum Gasteiger partial charge on any atom is -0.496 e. The van der Waals surface area contributed by atoms with Crippen LogP contribution < -0.4 is 4.74 Å². The zero-order valence-electron chi connectivity index (χ0n) is 11.4. The maximum absolute atomic E-state index is 13.8. The van der Waals surface area contributed by atoms with Gasteiger partial charge in [-0.2, -0.15) is 0 Å². The average Bonchev–Trinajstić information content (AvgIpc) is 2.41. The standard InChI is InChI=1S/C16H16BrFO2/c1-10-3-5-14(18)13(7-10)15(19)9-11-8-12(17)4-6-16(11)20-2/h3-8,15,19H,9H2,1-2H3. The molecule has 0 aliphatic carbocycles. The van der Waals surface area contributed by atoms with Crippen LogP contribution in [-0.4, -0.2) is 12.2 Å². The van der Waals surface area contributed by atoms with Gasteiger partial charge in [0.15, 0.2) is 0 Å². The van der Waals surface area contributed by atoms with Gasteiger partial charge < -0.3 is 9.84 Å². The van der Waals surface area contributed by atoms with E-state index in [-0.39, 0.29) is 0 Å². The molecule has 0 bridgehead atoms. The number of aliphatic hydroxyl groups excluding tert-OH is 1. The molecule has 2 aromatic carbocycles. The van der Waals surface area contributed by atoms with Crippen molar-refractivity contribution in [1.82, 2.24) is 0 Å². The Morgan fingerprint density at radius 1 is 1.25 bits per heavy atom. The van der Waals surface area contributed by atoms with E-state index in [1.165, 1.54) is 6.07 Å². The largest absolute Gasteiger partial charge is 0.496 e. The van der Waals surface area contributed by atoms with Gasteiger partial charge in [0.1, 0.15) is 11.6 Å². The predicted octanol–water partition coefficient (Wildman–Crippen LogP) is 4.18. The molecule has 0 spiro atoms. The molecule has 0 fully saturated rings. The van der Waals surface area contributed by atoms with E-state index in [0.29, 0.717) is 17.7 Å². The molecule has 0 aliphatic heterocycles. The van der Waals surface area contributed by atoms with E-state index < -0.39 is 11.9 Å². The molecule has 0 aliphatic rings. The highest BCUT2D eigenvalue weighted by Crippen LogP contribution is 2.29. The van der Waals surface area contributed by atoms with Gasteiger partial charge in [0.2, 0.25) is 0 Å². The second kappa shape index (κ2) is 6.37. The van der Waals surface area contributed by atoms with Crippen molar-refractivity contribution in [3.8, 4) is 5.75 Å². The zero-order valence-corrected chi connectivity index (χ0v) is 12.9. The first kappa shape index (κ1) is 15.0. The van der Waals surface area contributed by atoms with Crippen LogP contribution in [0.1, 0.15) is 22.8 Å². The van der Waals surface area contributed by atoms with E-state index in [0.717, 1.165) is 15.6 Å². The minimum absolute atomic E-state index is 0.295. The van der Waals surface area contributed by atoms with Crippen LogP contribution in [0.2, 0.25) is 0 Å². The molecule has 1 atom stereocenters. The second-order valence-corrected chi connectivity index (χ2v) is 5.62. The van der Waals surface area contributed by atoms with Crippen LogP contribution in [-0.2, 0) is 6.42 Å². The van der Waals surface area contributed by atoms with Crippen LogP contribution >= 0.6 is 15.9 Å². The van der Waals surface area contributed by atoms with Crippen LogP contribution in [0.4, 0.5) is 4.39 Å². The van der Waals surface area contributed by atoms with Gasteiger partial charge in [0.25, 0.3) is 0 Å². The molecule has 0 radical (unpaired) electrons. The molecule has 0 aromatic heterocycles. The summed E-state index contributed by atoms with van der Waals surface area (Å²) >= 11 is 3.39. The average molecular weight is 339 g/mol. The van der Waals surface area contributed by atoms with E-state index in [1.807, 2.05) is 25.1 Å². The van der Waals surface area contributed by atoms with E-state index >= 15 is 0 Å². The highest BCUT2D eigenvalue weighted by molar-refractivity contribution is 9.10. The molecule has 0 saturated carbocycles. The van der Waals surface area contributed by atoms with Crippen molar-refractivity contribution in [2.24, 2.45) is 0 Å². The lowest BCUT2D eigenvalue weighted by molar-refractivity contribution is 0.172. The summed E-state index contributed by atoms with van der Waals surface area (Å²) in [6.45, 7) is 1.87. The first-order chi connectivity index (χ1) is 9.51. The third-order valence-electron chi connectivity index (χ3n) is 3.17. The fraction of sp³-hybridized carbons (Fsp3) is 0.250. The van der Waals surface area contributed by atoms with Crippen LogP contribution in [0.5, 0.6) is 5.75 Å². The highest BCUT2D eigenvalue weighted by Gasteiger charge is 2.16. The first-order valence-electron chi connectivity index (χ1n) is 6.28. The number of methoxy groups -OCH3 is 1. The number of hydrogen-bond acceptors (Lipinski definition) is 2. The van der Waals surface area contributed by atoms with Crippen molar-refractivity contribution in [2.45, 2.75) is 19.4 Å². The van der Waals surface area contributed by atoms with E-state index in [1.54, 1.807) is 19.2 Å². The van der Waals surface area contributed by atoms with Crippen LogP contribution in [0.3, 0.4) is 0 Å². The number of hydrogen-bond donors (Lipinski definition) is 1. The SMILES string of the molecule is COc1ccc(Br)cc1CC(O)c1cc(C)ccc1F. The van der Waals surface area contributed by atoms with Gasteiger partial charge >= 0.3 is 0 Å². The fourth-order valence-corrected chi connectivity index (χ4v) is 2.55. The molecule has 0 saturated heterocycles. The number of ether oxygens (including phenoxy) is 1. The van der Waals surface area contributed by atoms with Gasteiger partial charge in [0.05, 0.1) is 13.2 Å². The van der Waals surface area contributed by atoms with Crippen molar-refractivity contribution in [3.63, 3.8) is 0 Å². The molecule has 1 N–H and O–H groups in total. The molecular weight excluding hydrogens is 323 g/mol. The maximum atomic E-state index is 13.8. The summed E-state index contributed by atoms with van der Waals surface area (Å²) in [5.41, 5.74) is 2.06. The van der Waals surface area contributed by atoms with Gasteiger partial charge in [0, 0.05) is 16.5 Å². The molecule has 0 amide bonds. The third-order valence-corrected chi connectivity index (χ3v) is 3.66. The summed E-state index contributed by atoms with van der Waals surface area (Å²) in [6, 6.07) is 10.3. The first-order valence-corrected chi connectivity index (χ1v) is 7.07. The zero-order chi connectivity index (χ0) is 14.7. The lowest BCUT2D eigenvalue weighted by atomic mass is 9.99. The van der Waals surface area contributed by atoms with Gasteiger partial charge in [-0.3, -0.25) is 0 Å². The molecule has 2 aromatic rings. The Kier molecular flexibility index (Phi) is 4.78. The smallest absolute Gasteiger partial charge is 0.129 e. The molecule has 2 nitrogen and oxygen atoms in total. The van der Waals surface area contributed by atoms with Crippen LogP contribution in [0.25, 0.3) is 0 Å². The number of aliphatic hydroxyl groups is 1. The lowest BCUT2D eigenvalue weighted by Gasteiger charge is -2.15. The monoisotopic (exact) mass is 338 g/mol. The Morgan fingerprint density at radius 3 is 2.70 bits per heavy atom. The summed E-state index contributed by atoms with van der Waals surface area (Å²) in [6.07, 6.45) is -0.610. The molecule has 1 unspecified atom stereocenters. The Balaban J connectivity index is 2.29. The van der Waals surface area contributed by atoms with Gasteiger partial charge in [-0.05, 0) is 36.8 Å². The quantitative estimate of drug-likeness (QED) is 0.905. The molecule has 2 rings (SSSR count). The van der Waals surface area contributed by atoms with Crippen molar-refractivity contribution in [2.75, 3.05) is 7.11 Å². The van der Waals surface area contributed by atoms with Crippen molar-refractivity contribution < 1.29 is 14.2 Å². The van der Waals surface area contributed by atoms with Gasteiger partial charge in [-0.1, -0.05) is 33.6 Å². The van der Waals surface area contributed by atoms with Crippen LogP contribution in [0.15, 0.2) is 40.9 Å². The minimum atomic E-state index is -0.905. The molecule has 0 heterocycles. The van der Waals surface area contributed by atoms with Gasteiger partial charge in [-0.15, -0.1) is 0 Å². The topological polar surface area (TPSA) is 29.5 Å². The summed E-state index contributed by atoms with van der Waals surface area (Å²) in [5.74, 6) is 0.289. The Hall–Kier alpha value is -1.39. The van der Waals surface area contributed by atoms with Crippen molar-refractivity contribution in [3.05, 3.63) is 63.4 Å². The Labute approximate surface area is 126 Å². The predicted molar refractivity (Wildman–Crippen MR) is 80.5 cm³/mol. The second-order valence-electron chi connectivity index (χ2n) is 4.70. The van der Waals surface area contributed by atoms with Crippen molar-refractivity contribution in [1.29, 1.82) is 0 Å². The molecular formula is C16H16BrFO2. The lowest BCUT2D eigenvalue weighted by Crippen LogP contribution is -2.06. The van der Waals surface area contributed by atoms with Gasteiger partial charge in [-0.25, -0.2) is 4.39 Å². The summed E-state index contributed by atoms with van der Waals surface area (Å²) < 4.78 is 19.9. The molecule has 20 heavy (non-hydrogen) atoms. The fourth-order valence-electron chi connectivity index (χ4n) is 2.14. The molecule has 4 heteroatoms. The Morgan fingerprint density at radius 2 is 2.00 bits per heavy atom. The number of halogens is 2. The summed E-state index contributed by atoms with van der Waals surface area (Å²) in [5, 5.41) is 10.3. The van der Waals surface area contributed by atoms with Crippen molar-refractivity contribution >= 4 is 15.9 Å². The molecule has 106 valence electrons. The summed E-state index contributed by atoms with van der Waals surface area (Å²) in [7, 11) is 1.58.